The molecule has 2 aromatic rings. The average Bonchev–Trinajstić information content (AvgIpc) is 3.02. The largest absolute Gasteiger partial charge is 0.325 e. The molecule has 3 heterocycles. The van der Waals surface area contributed by atoms with Gasteiger partial charge < -0.3 is 14.8 Å². The summed E-state index contributed by atoms with van der Waals surface area (Å²) in [4.78, 5) is 25.9. The van der Waals surface area contributed by atoms with Crippen molar-refractivity contribution in [2.75, 3.05) is 18.4 Å². The maximum Gasteiger partial charge on any atom is 0.250 e. The average molecular weight is 334 g/mol. The minimum atomic E-state index is -0.499. The third kappa shape index (κ3) is 2.49. The number of rotatable bonds is 1. The molecule has 6 nitrogen and oxygen atoms in total. The molecule has 1 amide bonds. The van der Waals surface area contributed by atoms with Crippen LogP contribution in [0.5, 0.6) is 0 Å². The summed E-state index contributed by atoms with van der Waals surface area (Å²) in [6.45, 7) is 1.12. The first kappa shape index (κ1) is 15.5. The molecule has 1 aromatic carbocycles. The Morgan fingerprint density at radius 1 is 1.20 bits per heavy atom. The summed E-state index contributed by atoms with van der Waals surface area (Å²) in [6, 6.07) is 9.33. The van der Waals surface area contributed by atoms with E-state index in [1.807, 2.05) is 18.2 Å². The molecule has 1 saturated heterocycles. The van der Waals surface area contributed by atoms with Gasteiger partial charge in [0.15, 0.2) is 6.19 Å². The van der Waals surface area contributed by atoms with E-state index >= 15 is 0 Å². The van der Waals surface area contributed by atoms with Gasteiger partial charge in [-0.05, 0) is 41.7 Å². The Bertz CT molecular complexity index is 972. The predicted octanol–water partition coefficient (Wildman–Crippen LogP) is 1.72. The fourth-order valence-electron chi connectivity index (χ4n) is 3.78. The van der Waals surface area contributed by atoms with Crippen LogP contribution in [-0.2, 0) is 18.3 Å². The molecule has 2 aliphatic rings. The van der Waals surface area contributed by atoms with Crippen molar-refractivity contribution in [1.29, 1.82) is 5.26 Å². The van der Waals surface area contributed by atoms with Crippen molar-refractivity contribution >= 4 is 11.6 Å². The van der Waals surface area contributed by atoms with E-state index in [4.69, 9.17) is 5.26 Å². The van der Waals surface area contributed by atoms with E-state index in [1.165, 1.54) is 10.6 Å². The molecular formula is C19H18N4O2. The Morgan fingerprint density at radius 3 is 2.72 bits per heavy atom. The van der Waals surface area contributed by atoms with Crippen LogP contribution < -0.4 is 10.9 Å². The number of hydrogen-bond acceptors (Lipinski definition) is 4. The number of hydrogen-bond donors (Lipinski definition) is 1. The molecule has 0 aliphatic carbocycles. The molecule has 1 N–H and O–H groups in total. The highest BCUT2D eigenvalue weighted by Crippen LogP contribution is 2.41. The number of nitrogens with one attached hydrogen (secondary N) is 1. The highest BCUT2D eigenvalue weighted by atomic mass is 16.2. The number of pyridine rings is 1. The normalized spacial score (nSPS) is 21.8. The Hall–Kier alpha value is -3.07. The van der Waals surface area contributed by atoms with E-state index in [9.17, 15) is 9.59 Å². The molecule has 2 aliphatic heterocycles. The number of aromatic nitrogens is 1. The number of benzene rings is 1. The molecule has 1 fully saturated rings. The smallest absolute Gasteiger partial charge is 0.250 e. The van der Waals surface area contributed by atoms with Crippen molar-refractivity contribution in [3.8, 4) is 17.3 Å². The van der Waals surface area contributed by atoms with Gasteiger partial charge >= 0.3 is 0 Å². The molecule has 0 radical (unpaired) electrons. The number of carbonyl (C=O) groups excluding carboxylic acids is 1. The van der Waals surface area contributed by atoms with Crippen LogP contribution in [-0.4, -0.2) is 28.5 Å². The molecule has 1 spiro atoms. The minimum absolute atomic E-state index is 0.00429. The summed E-state index contributed by atoms with van der Waals surface area (Å²) in [5.41, 5.74) is 3.23. The topological polar surface area (TPSA) is 78.1 Å². The molecule has 1 unspecified atom stereocenters. The third-order valence-electron chi connectivity index (χ3n) is 5.28. The van der Waals surface area contributed by atoms with Gasteiger partial charge in [-0.25, -0.2) is 0 Å². The molecule has 6 heteroatoms. The Balaban J connectivity index is 1.68. The quantitative estimate of drug-likeness (QED) is 0.806. The van der Waals surface area contributed by atoms with Gasteiger partial charge in [-0.3, -0.25) is 9.59 Å². The van der Waals surface area contributed by atoms with Crippen molar-refractivity contribution in [1.82, 2.24) is 9.47 Å². The fraction of sp³-hybridized carbons (Fsp3) is 0.316. The van der Waals surface area contributed by atoms with Crippen molar-refractivity contribution in [2.45, 2.75) is 12.8 Å². The molecule has 0 saturated carbocycles. The van der Waals surface area contributed by atoms with E-state index < -0.39 is 5.41 Å². The molecule has 0 bridgehead atoms. The lowest BCUT2D eigenvalue weighted by Crippen LogP contribution is -2.43. The number of amides is 1. The number of fused-ring (bicyclic) bond motifs is 1. The lowest BCUT2D eigenvalue weighted by atomic mass is 9.76. The number of nitriles is 1. The summed E-state index contributed by atoms with van der Waals surface area (Å²) in [5.74, 6) is -0.00429. The van der Waals surface area contributed by atoms with Gasteiger partial charge in [0.2, 0.25) is 11.5 Å². The van der Waals surface area contributed by atoms with Crippen LogP contribution in [0.3, 0.4) is 0 Å². The van der Waals surface area contributed by atoms with E-state index in [2.05, 4.69) is 11.5 Å². The van der Waals surface area contributed by atoms with Crippen molar-refractivity contribution in [3.05, 3.63) is 52.4 Å². The Labute approximate surface area is 145 Å². The number of likely N-dealkylation sites (tertiary alicyclic amines) is 1. The Kier molecular flexibility index (Phi) is 3.39. The zero-order valence-electron chi connectivity index (χ0n) is 14.0. The highest BCUT2D eigenvalue weighted by molar-refractivity contribution is 5.99. The number of carbonyl (C=O) groups is 1. The summed E-state index contributed by atoms with van der Waals surface area (Å²) in [6.07, 6.45) is 5.29. The first-order valence-corrected chi connectivity index (χ1v) is 8.27. The highest BCUT2D eigenvalue weighted by Gasteiger charge is 2.47. The lowest BCUT2D eigenvalue weighted by Gasteiger charge is -2.33. The van der Waals surface area contributed by atoms with Crippen LogP contribution in [0.25, 0.3) is 11.1 Å². The molecule has 126 valence electrons. The van der Waals surface area contributed by atoms with Crippen molar-refractivity contribution < 1.29 is 4.79 Å². The zero-order chi connectivity index (χ0) is 17.6. The van der Waals surface area contributed by atoms with Crippen LogP contribution in [0.1, 0.15) is 12.0 Å². The van der Waals surface area contributed by atoms with Crippen LogP contribution in [0.15, 0.2) is 41.3 Å². The zero-order valence-corrected chi connectivity index (χ0v) is 14.0. The minimum Gasteiger partial charge on any atom is -0.325 e. The molecular weight excluding hydrogens is 316 g/mol. The van der Waals surface area contributed by atoms with E-state index in [1.54, 1.807) is 24.2 Å². The van der Waals surface area contributed by atoms with Gasteiger partial charge in [-0.1, -0.05) is 12.1 Å². The van der Waals surface area contributed by atoms with Gasteiger partial charge in [-0.15, -0.1) is 0 Å². The second-order valence-corrected chi connectivity index (χ2v) is 6.92. The standard InChI is InChI=1S/C19H18N4O2/c1-22-10-15(4-5-17(22)24)13-2-3-14-9-19(6-7-23(11-19)12-20)18(25)21-16(14)8-13/h2-5,8,10H,6-7,9,11H2,1H3,(H,21,25). The molecule has 1 aromatic heterocycles. The van der Waals surface area contributed by atoms with Crippen molar-refractivity contribution in [2.24, 2.45) is 12.5 Å². The Morgan fingerprint density at radius 2 is 2.00 bits per heavy atom. The van der Waals surface area contributed by atoms with Gasteiger partial charge in [0.1, 0.15) is 0 Å². The summed E-state index contributed by atoms with van der Waals surface area (Å²) < 4.78 is 1.54. The number of nitrogens with zero attached hydrogens (tertiary/aromatic N) is 3. The molecule has 4 rings (SSSR count). The number of aryl methyl sites for hydroxylation is 1. The first-order chi connectivity index (χ1) is 12.0. The summed E-state index contributed by atoms with van der Waals surface area (Å²) in [7, 11) is 1.72. The SMILES string of the molecule is Cn1cc(-c2ccc3c(c2)NC(=O)C2(CCN(C#N)C2)C3)ccc1=O. The fourth-order valence-corrected chi connectivity index (χ4v) is 3.78. The van der Waals surface area contributed by atoms with Crippen LogP contribution in [0.4, 0.5) is 5.69 Å². The second-order valence-electron chi connectivity index (χ2n) is 6.92. The van der Waals surface area contributed by atoms with E-state index in [0.717, 1.165) is 22.4 Å². The van der Waals surface area contributed by atoms with Crippen LogP contribution >= 0.6 is 0 Å². The summed E-state index contributed by atoms with van der Waals surface area (Å²) in [5, 5.41) is 12.1. The maximum atomic E-state index is 12.7. The van der Waals surface area contributed by atoms with Crippen molar-refractivity contribution in [3.63, 3.8) is 0 Å². The molecule has 1 atom stereocenters. The van der Waals surface area contributed by atoms with Gasteiger partial charge in [0, 0.05) is 38.1 Å². The summed E-state index contributed by atoms with van der Waals surface area (Å²) >= 11 is 0. The lowest BCUT2D eigenvalue weighted by molar-refractivity contribution is -0.125. The van der Waals surface area contributed by atoms with E-state index in [0.29, 0.717) is 25.9 Å². The number of anilines is 1. The predicted molar refractivity (Wildman–Crippen MR) is 93.7 cm³/mol. The monoisotopic (exact) mass is 334 g/mol. The maximum absolute atomic E-state index is 12.7. The van der Waals surface area contributed by atoms with Gasteiger partial charge in [0.25, 0.3) is 0 Å². The second kappa shape index (κ2) is 5.49. The first-order valence-electron chi connectivity index (χ1n) is 8.27. The molecule has 25 heavy (non-hydrogen) atoms. The van der Waals surface area contributed by atoms with E-state index in [-0.39, 0.29) is 11.5 Å². The van der Waals surface area contributed by atoms with Crippen LogP contribution in [0.2, 0.25) is 0 Å². The van der Waals surface area contributed by atoms with Crippen LogP contribution in [0, 0.1) is 16.9 Å². The van der Waals surface area contributed by atoms with Gasteiger partial charge in [-0.2, -0.15) is 5.26 Å². The third-order valence-corrected chi connectivity index (χ3v) is 5.28. The van der Waals surface area contributed by atoms with Gasteiger partial charge in [0.05, 0.1) is 5.41 Å².